The lowest BCUT2D eigenvalue weighted by molar-refractivity contribution is -0.125. The molecule has 7 aliphatic rings. The number of aliphatic hydroxyl groups is 2. The van der Waals surface area contributed by atoms with E-state index in [-0.39, 0.29) is 53.6 Å². The molecule has 2 aliphatic heterocycles. The summed E-state index contributed by atoms with van der Waals surface area (Å²) in [5.41, 5.74) is 1.01. The largest absolute Gasteiger partial charge is 0.504 e. The zero-order valence-electron chi connectivity index (χ0n) is 45.6. The van der Waals surface area contributed by atoms with Gasteiger partial charge in [-0.1, -0.05) is 82.1 Å². The number of nitrogens with one attached hydrogen (secondary N) is 3. The van der Waals surface area contributed by atoms with E-state index in [0.717, 1.165) is 107 Å². The first-order valence-electron chi connectivity index (χ1n) is 28.9. The fourth-order valence-corrected chi connectivity index (χ4v) is 15.8. The van der Waals surface area contributed by atoms with Crippen LogP contribution < -0.4 is 30.2 Å². The summed E-state index contributed by atoms with van der Waals surface area (Å²) in [5, 5.41) is 42.9. The third kappa shape index (κ3) is 11.4. The van der Waals surface area contributed by atoms with Crippen molar-refractivity contribution in [1.29, 1.82) is 0 Å². The number of guanidine groups is 1. The molecule has 12 nitrogen and oxygen atoms in total. The van der Waals surface area contributed by atoms with E-state index >= 15 is 4.79 Å². The van der Waals surface area contributed by atoms with Crippen molar-refractivity contribution in [2.75, 3.05) is 46.3 Å². The van der Waals surface area contributed by atoms with Gasteiger partial charge in [-0.05, 0) is 179 Å². The highest BCUT2D eigenvalue weighted by atomic mass is 16.6. The van der Waals surface area contributed by atoms with Crippen LogP contribution in [-0.4, -0.2) is 79.9 Å². The highest BCUT2D eigenvalue weighted by Crippen LogP contribution is 2.66. The van der Waals surface area contributed by atoms with E-state index in [1.54, 1.807) is 20.2 Å². The highest BCUT2D eigenvalue weighted by molar-refractivity contribution is 5.97. The van der Waals surface area contributed by atoms with E-state index in [0.29, 0.717) is 91.9 Å². The van der Waals surface area contributed by atoms with Crippen LogP contribution in [0.4, 0.5) is 5.69 Å². The Morgan fingerprint density at radius 2 is 1.88 bits per heavy atom. The van der Waals surface area contributed by atoms with Gasteiger partial charge in [-0.2, -0.15) is 0 Å². The summed E-state index contributed by atoms with van der Waals surface area (Å²) in [4.78, 5) is 20.5. The van der Waals surface area contributed by atoms with Gasteiger partial charge in [0.05, 0.1) is 12.8 Å². The Bertz CT molecular complexity index is 2540. The van der Waals surface area contributed by atoms with E-state index in [4.69, 9.17) is 23.9 Å². The maximum absolute atomic E-state index is 15.8. The summed E-state index contributed by atoms with van der Waals surface area (Å²) in [5.74, 6) is 10.8. The lowest BCUT2D eigenvalue weighted by atomic mass is 9.46. The van der Waals surface area contributed by atoms with Crippen molar-refractivity contribution in [3.8, 4) is 47.0 Å². The molecule has 4 fully saturated rings. The molecule has 4 bridgehead atoms. The topological polar surface area (TPSA) is 163 Å². The average Bonchev–Trinajstić information content (AvgIpc) is 4.13. The minimum absolute atomic E-state index is 0.000227. The fourth-order valence-electron chi connectivity index (χ4n) is 15.8. The first kappa shape index (κ1) is 54.8. The predicted octanol–water partition coefficient (Wildman–Crippen LogP) is 10.6. The number of nitrogens with zero attached hydrogens (tertiary/aromatic N) is 1. The van der Waals surface area contributed by atoms with Crippen LogP contribution >= 0.6 is 0 Å². The number of anilines is 1. The molecule has 4 saturated carbocycles. The van der Waals surface area contributed by atoms with Gasteiger partial charge in [-0.15, -0.1) is 0 Å². The molecule has 13 atom stereocenters. The molecule has 0 aromatic heterocycles. The molecule has 6 N–H and O–H groups in total. The van der Waals surface area contributed by atoms with Crippen molar-refractivity contribution < 1.29 is 39.1 Å². The highest BCUT2D eigenvalue weighted by Gasteiger charge is 2.61. The maximum Gasteiger partial charge on any atom is 0.207 e. The number of carbonyl (C=O) groups excluding carboxylic acids is 1. The van der Waals surface area contributed by atoms with Crippen LogP contribution in [0.5, 0.6) is 23.0 Å². The Hall–Kier alpha value is -4.98. The summed E-state index contributed by atoms with van der Waals surface area (Å²) in [7, 11) is 5.28. The number of aliphatic imine (C=N–C) groups is 1. The number of hydrogen-bond donors (Lipinski definition) is 6. The molecule has 9 rings (SSSR count). The van der Waals surface area contributed by atoms with Crippen molar-refractivity contribution >= 4 is 17.4 Å². The van der Waals surface area contributed by atoms with Crippen LogP contribution in [0.15, 0.2) is 59.6 Å². The number of hydrogen-bond acceptors (Lipinski definition) is 10. The van der Waals surface area contributed by atoms with E-state index in [1.165, 1.54) is 0 Å². The number of ether oxygens (including phenoxy) is 4. The van der Waals surface area contributed by atoms with Crippen molar-refractivity contribution in [2.24, 2.45) is 63.7 Å². The second-order valence-corrected chi connectivity index (χ2v) is 23.4. The number of aliphatic hydroxyl groups excluding tert-OH is 2. The lowest BCUT2D eigenvalue weighted by Gasteiger charge is -2.58. The number of benzene rings is 2. The molecule has 406 valence electrons. The van der Waals surface area contributed by atoms with Gasteiger partial charge in [0.25, 0.3) is 0 Å². The number of unbranched alkanes of at least 4 members (excludes halogenated alkanes) is 3. The molecule has 2 heterocycles. The average molecular weight is 1030 g/mol. The second-order valence-electron chi connectivity index (χ2n) is 23.4. The quantitative estimate of drug-likeness (QED) is 0.0387. The van der Waals surface area contributed by atoms with Crippen molar-refractivity contribution in [3.63, 3.8) is 0 Å². The maximum atomic E-state index is 15.8. The molecule has 0 unspecified atom stereocenters. The predicted molar refractivity (Wildman–Crippen MR) is 295 cm³/mol. The molecule has 0 amide bonds. The van der Waals surface area contributed by atoms with Crippen LogP contribution in [0.25, 0.3) is 0 Å². The normalized spacial score (nSPS) is 34.0. The number of fused-ring (bicyclic) bond motifs is 9. The Morgan fingerprint density at radius 1 is 1.01 bits per heavy atom. The fraction of sp³-hybridized carbons (Fsp3) is 0.651. The molecule has 12 heteroatoms. The SMILES string of the molecule is CCCCCCO[C@H](O)C[C@@H]1C[C@]2(CNC)C[C@H]1CC#COc1c3cc(cc1O2)[C@@]12CCC[C@@H]1[C@@H](CCCO)[C@H]1C=C[C@H](CC)C[C@@H]1[C@H]2/C=C/C(=O)[C@]1(Cc2ccc(O)c(OC)c2)CCC[C@@H]1CC#CNC(=NC)N3. The molecule has 1 spiro atoms. The van der Waals surface area contributed by atoms with E-state index < -0.39 is 22.7 Å². The van der Waals surface area contributed by atoms with Gasteiger partial charge in [0.1, 0.15) is 11.7 Å². The van der Waals surface area contributed by atoms with E-state index in [9.17, 15) is 15.3 Å². The first-order chi connectivity index (χ1) is 36.5. The van der Waals surface area contributed by atoms with Crippen LogP contribution in [0.2, 0.25) is 0 Å². The number of ketones is 1. The Labute approximate surface area is 447 Å². The molecule has 2 aromatic carbocycles. The van der Waals surface area contributed by atoms with Crippen LogP contribution in [0, 0.1) is 82.7 Å². The number of likely N-dealkylation sites (N-methyl/N-ethyl adjacent to an activating group) is 1. The number of methoxy groups -OCH3 is 1. The van der Waals surface area contributed by atoms with Crippen molar-refractivity contribution in [2.45, 2.75) is 160 Å². The summed E-state index contributed by atoms with van der Waals surface area (Å²) in [6.45, 7) is 5.77. The number of carbonyl (C=O) groups is 1. The summed E-state index contributed by atoms with van der Waals surface area (Å²) in [6, 6.07) is 13.2. The number of aromatic hydroxyl groups is 1. The van der Waals surface area contributed by atoms with Crippen molar-refractivity contribution in [3.05, 3.63) is 65.8 Å². The Morgan fingerprint density at radius 3 is 2.68 bits per heavy atom. The van der Waals surface area contributed by atoms with Gasteiger partial charge >= 0.3 is 0 Å². The number of allylic oxidation sites excluding steroid dienone is 4. The van der Waals surface area contributed by atoms with E-state index in [2.05, 4.69) is 84.2 Å². The zero-order chi connectivity index (χ0) is 52.6. The summed E-state index contributed by atoms with van der Waals surface area (Å²) >= 11 is 0. The summed E-state index contributed by atoms with van der Waals surface area (Å²) in [6.07, 6.45) is 28.8. The van der Waals surface area contributed by atoms with Gasteiger partial charge in [0.2, 0.25) is 11.7 Å². The van der Waals surface area contributed by atoms with Crippen molar-refractivity contribution in [1.82, 2.24) is 10.6 Å². The van der Waals surface area contributed by atoms with Crippen LogP contribution in [0.1, 0.15) is 147 Å². The smallest absolute Gasteiger partial charge is 0.207 e. The molecule has 0 saturated heterocycles. The second kappa shape index (κ2) is 24.6. The zero-order valence-corrected chi connectivity index (χ0v) is 45.6. The molecule has 0 radical (unpaired) electrons. The minimum atomic E-state index is -0.867. The van der Waals surface area contributed by atoms with Crippen LogP contribution in [-0.2, 0) is 21.4 Å². The summed E-state index contributed by atoms with van der Waals surface area (Å²) < 4.78 is 25.9. The molecule has 75 heavy (non-hydrogen) atoms. The van der Waals surface area contributed by atoms with Crippen LogP contribution in [0.3, 0.4) is 0 Å². The molecule has 5 aliphatic carbocycles. The number of rotatable bonds is 17. The first-order valence-corrected chi connectivity index (χ1v) is 28.9. The van der Waals surface area contributed by atoms with Gasteiger partial charge < -0.3 is 44.9 Å². The van der Waals surface area contributed by atoms with E-state index in [1.807, 2.05) is 25.3 Å². The Balaban J connectivity index is 1.20. The number of phenols is 1. The number of phenolic OH excluding ortho intramolecular Hbond substituents is 1. The monoisotopic (exact) mass is 1030 g/mol. The van der Waals surface area contributed by atoms with Gasteiger partial charge in [-0.3, -0.25) is 15.1 Å². The third-order valence-electron chi connectivity index (χ3n) is 19.2. The standard InChI is InChI=1S/C63H86N4O8/c1-6-8-9-10-31-73-58(71)35-45-40-61(41-64-3)39-44(45)16-15-32-74-59-53-36-47(37-56(59)75-61)63-28-12-20-51(63)49(19-14-30-68)48-23-21-42(7-2)33-50(48)52(63)24-26-57(70)62(38-43-22-25-54(69)55(34-43)72-5)27-11-17-46(62)18-13-29-66-60(65-4)67-53/h21-26,34,36-37,42,44-46,48-52,58,64,68-69,71H,6-12,14,16-20,27-28,30-31,33,35,38-41H2,1-5H3,(H2,65,66,67)/b26-24+/t42-,44+,45+,46+,48+,49-,50-,51+,52+,58-,61-,62-,63-/m0/s1. The Kier molecular flexibility index (Phi) is 17.9. The minimum Gasteiger partial charge on any atom is -0.504 e. The molecular weight excluding hydrogens is 941 g/mol. The van der Waals surface area contributed by atoms with Gasteiger partial charge in [0, 0.05) is 62.9 Å². The molecular formula is C63H86N4O8. The third-order valence-corrected chi connectivity index (χ3v) is 19.2. The molecule has 2 aromatic rings. The van der Waals surface area contributed by atoms with Gasteiger partial charge in [-0.25, -0.2) is 0 Å². The van der Waals surface area contributed by atoms with Gasteiger partial charge in [0.15, 0.2) is 29.3 Å². The lowest BCUT2D eigenvalue weighted by Crippen LogP contribution is -2.54.